The van der Waals surface area contributed by atoms with E-state index < -0.39 is 165 Å². The molecule has 1 N–H and O–H groups in total. The van der Waals surface area contributed by atoms with Crippen LogP contribution in [0.1, 0.15) is 124 Å². The van der Waals surface area contributed by atoms with E-state index in [0.717, 1.165) is 27.8 Å². The van der Waals surface area contributed by atoms with Gasteiger partial charge in [-0.2, -0.15) is 0 Å². The summed E-state index contributed by atoms with van der Waals surface area (Å²) in [5.74, 6) is -3.42. The summed E-state index contributed by atoms with van der Waals surface area (Å²) < 4.78 is 145. The van der Waals surface area contributed by atoms with Gasteiger partial charge in [0, 0.05) is 43.1 Å². The van der Waals surface area contributed by atoms with Crippen molar-refractivity contribution in [3.63, 3.8) is 0 Å². The third kappa shape index (κ3) is 17.7. The quantitative estimate of drug-likeness (QED) is 0.0292. The Labute approximate surface area is 610 Å². The van der Waals surface area contributed by atoms with E-state index in [1.165, 1.54) is 13.8 Å². The van der Waals surface area contributed by atoms with Gasteiger partial charge in [-0.1, -0.05) is 186 Å². The SMILES string of the molecule is CC[C@]12CO[C@@H](OC3[C@H](C)CO[C@@H](O[C@H]4C(C)O[C@@H](O[C@@H]5C(O[C@@H]6OC(C)C(C)[C@@H]7OC(C)(C)O[C@H]67)[C@@H](OC(C)=O)C(C)O[C@@H]5OC(C)=N)C(C)[C@@H]4O[C@@H]4OC(COCc5ccccc5)[C@@H](OCc5ccccc5)C(OCc5ccccc5)[C@H]4C)[C@@H]3OCc3ccccc3)C1O[C@H](c1ccccc1)O2. The number of carbonyl (C=O) groups excluding carboxylic acids is 1. The van der Waals surface area contributed by atoms with Gasteiger partial charge in [0.15, 0.2) is 61.6 Å². The summed E-state index contributed by atoms with van der Waals surface area (Å²) in [6, 6.07) is 49.8. The second-order valence-electron chi connectivity index (χ2n) is 29.5. The van der Waals surface area contributed by atoms with Crippen LogP contribution in [0.2, 0.25) is 0 Å². The third-order valence-electron chi connectivity index (χ3n) is 21.3. The number of carbonyl (C=O) groups is 1. The number of nitrogens with one attached hydrogen (secondary N) is 1. The maximum absolute atomic E-state index is 13.3. The largest absolute Gasteiger partial charge is 0.457 e. The van der Waals surface area contributed by atoms with Gasteiger partial charge in [0.25, 0.3) is 0 Å². The molecule has 10 unspecified atom stereocenters. The van der Waals surface area contributed by atoms with Crippen molar-refractivity contribution in [3.8, 4) is 0 Å². The molecule has 0 bridgehead atoms. The number of ether oxygens (including phenoxy) is 21. The topological polar surface area (TPSA) is 235 Å². The van der Waals surface area contributed by atoms with Crippen molar-refractivity contribution in [3.05, 3.63) is 179 Å². The van der Waals surface area contributed by atoms with Crippen molar-refractivity contribution in [2.75, 3.05) is 19.8 Å². The second-order valence-corrected chi connectivity index (χ2v) is 29.5. The highest BCUT2D eigenvalue weighted by Crippen LogP contribution is 2.49. The fourth-order valence-electron chi connectivity index (χ4n) is 15.5. The Morgan fingerprint density at radius 2 is 0.952 bits per heavy atom. The predicted molar refractivity (Wildman–Crippen MR) is 375 cm³/mol. The first-order valence-corrected chi connectivity index (χ1v) is 37.1. The zero-order valence-electron chi connectivity index (χ0n) is 61.7. The maximum Gasteiger partial charge on any atom is 0.303 e. The summed E-state index contributed by atoms with van der Waals surface area (Å²) in [6.07, 6.45) is -19.7. The fourth-order valence-corrected chi connectivity index (χ4v) is 15.5. The van der Waals surface area contributed by atoms with Crippen LogP contribution in [0.5, 0.6) is 0 Å². The minimum absolute atomic E-state index is 0.0847. The third-order valence-corrected chi connectivity index (χ3v) is 21.3. The molecule has 0 aliphatic carbocycles. The van der Waals surface area contributed by atoms with Crippen LogP contribution < -0.4 is 0 Å². The number of rotatable bonds is 27. The van der Waals surface area contributed by atoms with Gasteiger partial charge in [0.1, 0.15) is 48.3 Å². The smallest absolute Gasteiger partial charge is 0.303 e. The van der Waals surface area contributed by atoms with Gasteiger partial charge in [-0.15, -0.1) is 0 Å². The molecule has 0 radical (unpaired) electrons. The van der Waals surface area contributed by atoms with Crippen molar-refractivity contribution in [1.29, 1.82) is 5.41 Å². The van der Waals surface area contributed by atoms with E-state index in [0.29, 0.717) is 13.0 Å². The molecule has 8 fully saturated rings. The maximum atomic E-state index is 13.3. The van der Waals surface area contributed by atoms with Crippen molar-refractivity contribution >= 4 is 11.9 Å². The van der Waals surface area contributed by atoms with Crippen molar-refractivity contribution < 1.29 is 104 Å². The summed E-state index contributed by atoms with van der Waals surface area (Å²) in [7, 11) is 0. The average molecular weight is 1440 g/mol. The Bertz CT molecular complexity index is 3500. The summed E-state index contributed by atoms with van der Waals surface area (Å²) >= 11 is 0. The molecule has 13 rings (SSSR count). The van der Waals surface area contributed by atoms with Crippen LogP contribution in [0.3, 0.4) is 0 Å². The molecule has 0 saturated carbocycles. The zero-order chi connectivity index (χ0) is 72.8. The highest BCUT2D eigenvalue weighted by atomic mass is 16.8. The molecule has 566 valence electrons. The lowest BCUT2D eigenvalue weighted by atomic mass is 9.89. The first-order chi connectivity index (χ1) is 50.2. The van der Waals surface area contributed by atoms with E-state index in [2.05, 4.69) is 13.8 Å². The lowest BCUT2D eigenvalue weighted by molar-refractivity contribution is -0.395. The van der Waals surface area contributed by atoms with E-state index in [1.54, 1.807) is 6.92 Å². The molecule has 5 aromatic rings. The molecule has 28 atom stereocenters. The molecule has 8 heterocycles. The fraction of sp³-hybridized carbons (Fsp3) is 0.605. The van der Waals surface area contributed by atoms with Gasteiger partial charge in [-0.05, 0) is 63.3 Å². The van der Waals surface area contributed by atoms with Crippen LogP contribution in [0.25, 0.3) is 0 Å². The van der Waals surface area contributed by atoms with Crippen molar-refractivity contribution in [1.82, 2.24) is 0 Å². The summed E-state index contributed by atoms with van der Waals surface area (Å²) in [6.45, 7) is 23.8. The van der Waals surface area contributed by atoms with Gasteiger partial charge in [-0.25, -0.2) is 0 Å². The van der Waals surface area contributed by atoms with Crippen LogP contribution >= 0.6 is 0 Å². The Morgan fingerprint density at radius 3 is 1.56 bits per heavy atom. The molecule has 5 aromatic carbocycles. The predicted octanol–water partition coefficient (Wildman–Crippen LogP) is 11.8. The Morgan fingerprint density at radius 1 is 0.452 bits per heavy atom. The van der Waals surface area contributed by atoms with Crippen molar-refractivity contribution in [2.24, 2.45) is 23.7 Å². The normalized spacial score (nSPS) is 39.0. The number of fused-ring (bicyclic) bond motifs is 2. The highest BCUT2D eigenvalue weighted by Gasteiger charge is 2.62. The molecule has 8 saturated heterocycles. The lowest BCUT2D eigenvalue weighted by Gasteiger charge is -2.52. The second kappa shape index (κ2) is 34.2. The van der Waals surface area contributed by atoms with E-state index in [1.807, 2.05) is 200 Å². The highest BCUT2D eigenvalue weighted by molar-refractivity contribution is 5.69. The van der Waals surface area contributed by atoms with E-state index in [-0.39, 0.29) is 63.5 Å². The first kappa shape index (κ1) is 76.5. The van der Waals surface area contributed by atoms with Crippen molar-refractivity contribution in [2.45, 2.75) is 269 Å². The van der Waals surface area contributed by atoms with Crippen LogP contribution in [-0.2, 0) is 131 Å². The zero-order valence-corrected chi connectivity index (χ0v) is 61.7. The molecule has 23 heteroatoms. The Kier molecular flexibility index (Phi) is 25.2. The monoisotopic (exact) mass is 1440 g/mol. The van der Waals surface area contributed by atoms with Gasteiger partial charge in [0.05, 0.1) is 89.0 Å². The molecule has 23 nitrogen and oxygen atoms in total. The molecule has 104 heavy (non-hydrogen) atoms. The van der Waals surface area contributed by atoms with Crippen LogP contribution in [0.15, 0.2) is 152 Å². The molecular formula is C81H105NO22. The minimum Gasteiger partial charge on any atom is -0.457 e. The summed E-state index contributed by atoms with van der Waals surface area (Å²) in [4.78, 5) is 13.3. The average Bonchev–Trinajstić information content (AvgIpc) is 1.58. The standard InChI is InChI=1S/C81H105NO22/c1-13-81-45-89-79(72(81)101-75(104-81)59-37-27-18-28-38-59)96-61-46(2)39-88-76(69(61)87-43-58-35-25-17-26-36-58)98-65-51(7)91-73(100-70-68(66(94-54(10)83)52(8)92-77(70)93-53(9)82)99-78-71-64(47(3)50(6)90-78)102-80(11,12)103-71)49(5)63(65)97-74-48(4)62(85-41-56-31-21-15-22-32-56)67(86-42-57-33-23-16-24-34-57)60(95-74)44-84-40-55-29-19-14-20-30-55/h14-38,46-52,60-79,82H,13,39-45H2,1-12H3/t46-,47?,48-,49?,50?,51?,52?,60?,61?,62?,63+,64+,65+,66+,67-,68?,69-,70-,71+,72?,73+,74+,75+,76+,77-,78+,79+,81+/m1/s1. The number of benzene rings is 5. The first-order valence-electron chi connectivity index (χ1n) is 37.1. The minimum atomic E-state index is -1.32. The van der Waals surface area contributed by atoms with Gasteiger partial charge in [-0.3, -0.25) is 10.2 Å². The molecule has 8 aliphatic rings. The Hall–Kier alpha value is -5.72. The molecular weight excluding hydrogens is 1340 g/mol. The number of hydrogen-bond donors (Lipinski definition) is 1. The number of hydrogen-bond acceptors (Lipinski definition) is 23. The molecule has 0 amide bonds. The molecule has 0 aromatic heterocycles. The summed E-state index contributed by atoms with van der Waals surface area (Å²) in [5, 5.41) is 8.74. The molecule has 8 aliphatic heterocycles. The van der Waals surface area contributed by atoms with E-state index >= 15 is 0 Å². The number of esters is 1. The Balaban J connectivity index is 0.865. The van der Waals surface area contributed by atoms with E-state index in [4.69, 9.17) is 105 Å². The van der Waals surface area contributed by atoms with Gasteiger partial charge >= 0.3 is 5.97 Å². The van der Waals surface area contributed by atoms with Gasteiger partial charge in [0.2, 0.25) is 6.29 Å². The van der Waals surface area contributed by atoms with Gasteiger partial charge < -0.3 is 99.5 Å². The lowest BCUT2D eigenvalue weighted by Crippen LogP contribution is -2.66. The van der Waals surface area contributed by atoms with Crippen LogP contribution in [0, 0.1) is 29.1 Å². The van der Waals surface area contributed by atoms with E-state index in [9.17, 15) is 4.79 Å². The van der Waals surface area contributed by atoms with Crippen LogP contribution in [-0.4, -0.2) is 178 Å². The molecule has 0 spiro atoms. The summed E-state index contributed by atoms with van der Waals surface area (Å²) in [5.41, 5.74) is 3.95. The van der Waals surface area contributed by atoms with Crippen LogP contribution in [0.4, 0.5) is 0 Å².